The van der Waals surface area contributed by atoms with Gasteiger partial charge in [-0.3, -0.25) is 4.79 Å². The zero-order valence-electron chi connectivity index (χ0n) is 10.8. The molecule has 0 bridgehead atoms. The lowest BCUT2D eigenvalue weighted by Crippen LogP contribution is -2.38. The van der Waals surface area contributed by atoms with Crippen molar-refractivity contribution in [1.29, 1.82) is 0 Å². The van der Waals surface area contributed by atoms with Gasteiger partial charge in [0, 0.05) is 25.8 Å². The summed E-state index contributed by atoms with van der Waals surface area (Å²) in [6.45, 7) is 1.59. The van der Waals surface area contributed by atoms with E-state index in [0.29, 0.717) is 19.0 Å². The first-order chi connectivity index (χ1) is 9.19. The minimum absolute atomic E-state index is 0.0271. The molecule has 102 valence electrons. The van der Waals surface area contributed by atoms with E-state index < -0.39 is 0 Å². The molecular weight excluding hydrogens is 245 g/mol. The number of rotatable bonds is 3. The Morgan fingerprint density at radius 2 is 1.95 bits per heavy atom. The molecule has 1 fully saturated rings. The molecule has 1 saturated heterocycles. The highest BCUT2D eigenvalue weighted by atomic mass is 19.1. The second-order valence-corrected chi connectivity index (χ2v) is 4.84. The fourth-order valence-electron chi connectivity index (χ4n) is 2.18. The summed E-state index contributed by atoms with van der Waals surface area (Å²) in [4.78, 5) is 13.7. The lowest BCUT2D eigenvalue weighted by molar-refractivity contribution is -0.127. The molecule has 1 aromatic rings. The maximum absolute atomic E-state index is 12.7. The van der Waals surface area contributed by atoms with E-state index in [9.17, 15) is 9.18 Å². The molecule has 1 N–H and O–H groups in total. The van der Waals surface area contributed by atoms with Gasteiger partial charge in [-0.25, -0.2) is 4.39 Å². The van der Waals surface area contributed by atoms with Crippen molar-refractivity contribution in [2.24, 2.45) is 5.92 Å². The number of hydrogen-bond acceptors (Lipinski definition) is 2. The van der Waals surface area contributed by atoms with E-state index in [0.717, 1.165) is 18.4 Å². The van der Waals surface area contributed by atoms with Gasteiger partial charge in [0.2, 0.25) is 5.91 Å². The fourth-order valence-corrected chi connectivity index (χ4v) is 2.18. The van der Waals surface area contributed by atoms with E-state index in [1.807, 2.05) is 0 Å². The van der Waals surface area contributed by atoms with Crippen molar-refractivity contribution >= 4 is 12.0 Å². The average molecular weight is 263 g/mol. The lowest BCUT2D eigenvalue weighted by atomic mass is 9.98. The molecule has 0 radical (unpaired) electrons. The Morgan fingerprint density at radius 1 is 1.32 bits per heavy atom. The molecule has 0 aromatic heterocycles. The molecule has 0 saturated carbocycles. The second-order valence-electron chi connectivity index (χ2n) is 4.84. The molecular formula is C15H18FNO2. The van der Waals surface area contributed by atoms with E-state index >= 15 is 0 Å². The summed E-state index contributed by atoms with van der Waals surface area (Å²) in [5, 5.41) is 9.04. The highest BCUT2D eigenvalue weighted by Crippen LogP contribution is 2.16. The Morgan fingerprint density at radius 3 is 2.53 bits per heavy atom. The average Bonchev–Trinajstić information content (AvgIpc) is 2.46. The summed E-state index contributed by atoms with van der Waals surface area (Å²) in [5.74, 6) is 0.0143. The highest BCUT2D eigenvalue weighted by Gasteiger charge is 2.20. The smallest absolute Gasteiger partial charge is 0.246 e. The number of likely N-dealkylation sites (tertiary alicyclic amines) is 1. The monoisotopic (exact) mass is 263 g/mol. The van der Waals surface area contributed by atoms with E-state index in [-0.39, 0.29) is 18.3 Å². The molecule has 1 aliphatic heterocycles. The van der Waals surface area contributed by atoms with Crippen molar-refractivity contribution in [1.82, 2.24) is 4.90 Å². The van der Waals surface area contributed by atoms with Crippen LogP contribution in [0.4, 0.5) is 4.39 Å². The fraction of sp³-hybridized carbons (Fsp3) is 0.400. The SMILES string of the molecule is O=C(/C=C/c1ccc(F)cc1)N1CCC(CO)CC1. The number of hydrogen-bond donors (Lipinski definition) is 1. The zero-order valence-corrected chi connectivity index (χ0v) is 10.8. The van der Waals surface area contributed by atoms with Crippen LogP contribution in [0.1, 0.15) is 18.4 Å². The summed E-state index contributed by atoms with van der Waals surface area (Å²) in [7, 11) is 0. The third kappa shape index (κ3) is 3.89. The summed E-state index contributed by atoms with van der Waals surface area (Å²) in [5.41, 5.74) is 0.806. The largest absolute Gasteiger partial charge is 0.396 e. The summed E-state index contributed by atoms with van der Waals surface area (Å²) >= 11 is 0. The van der Waals surface area contributed by atoms with Crippen molar-refractivity contribution in [2.75, 3.05) is 19.7 Å². The van der Waals surface area contributed by atoms with Crippen LogP contribution in [0.2, 0.25) is 0 Å². The number of halogens is 1. The van der Waals surface area contributed by atoms with Gasteiger partial charge in [0.05, 0.1) is 0 Å². The number of nitrogens with zero attached hydrogens (tertiary/aromatic N) is 1. The van der Waals surface area contributed by atoms with Gasteiger partial charge < -0.3 is 10.0 Å². The number of carbonyl (C=O) groups is 1. The molecule has 3 nitrogen and oxygen atoms in total. The summed E-state index contributed by atoms with van der Waals surface area (Å²) in [6.07, 6.45) is 4.92. The van der Waals surface area contributed by atoms with Crippen molar-refractivity contribution in [2.45, 2.75) is 12.8 Å². The molecule has 0 spiro atoms. The predicted molar refractivity (Wildman–Crippen MR) is 71.8 cm³/mol. The van der Waals surface area contributed by atoms with Crippen molar-refractivity contribution in [3.05, 3.63) is 41.7 Å². The number of aliphatic hydroxyl groups is 1. The van der Waals surface area contributed by atoms with Crippen LogP contribution in [0.25, 0.3) is 6.08 Å². The first-order valence-corrected chi connectivity index (χ1v) is 6.52. The molecule has 1 aromatic carbocycles. The maximum Gasteiger partial charge on any atom is 0.246 e. The zero-order chi connectivity index (χ0) is 13.7. The standard InChI is InChI=1S/C15H18FNO2/c16-14-4-1-12(2-5-14)3-6-15(19)17-9-7-13(11-18)8-10-17/h1-6,13,18H,7-11H2/b6-3+. The van der Waals surface area contributed by atoms with Crippen LogP contribution >= 0.6 is 0 Å². The quantitative estimate of drug-likeness (QED) is 0.848. The Hall–Kier alpha value is -1.68. The second kappa shape index (κ2) is 6.48. The predicted octanol–water partition coefficient (Wildman–Crippen LogP) is 2.07. The summed E-state index contributed by atoms with van der Waals surface area (Å²) < 4.78 is 12.7. The van der Waals surface area contributed by atoms with Crippen molar-refractivity contribution in [3.8, 4) is 0 Å². The van der Waals surface area contributed by atoms with E-state index in [4.69, 9.17) is 5.11 Å². The van der Waals surface area contributed by atoms with Gasteiger partial charge in [0.1, 0.15) is 5.82 Å². The van der Waals surface area contributed by atoms with Crippen molar-refractivity contribution < 1.29 is 14.3 Å². The van der Waals surface area contributed by atoms with Crippen LogP contribution in [0.15, 0.2) is 30.3 Å². The third-order valence-electron chi connectivity index (χ3n) is 3.47. The van der Waals surface area contributed by atoms with Gasteiger partial charge in [-0.05, 0) is 42.5 Å². The molecule has 19 heavy (non-hydrogen) atoms. The highest BCUT2D eigenvalue weighted by molar-refractivity contribution is 5.91. The Kier molecular flexibility index (Phi) is 4.68. The first kappa shape index (κ1) is 13.7. The number of carbonyl (C=O) groups excluding carboxylic acids is 1. The molecule has 4 heteroatoms. The van der Waals surface area contributed by atoms with E-state index in [2.05, 4.69) is 0 Å². The minimum atomic E-state index is -0.283. The number of amides is 1. The molecule has 1 amide bonds. The third-order valence-corrected chi connectivity index (χ3v) is 3.47. The van der Waals surface area contributed by atoms with Gasteiger partial charge in [-0.2, -0.15) is 0 Å². The number of aliphatic hydroxyl groups excluding tert-OH is 1. The van der Waals surface area contributed by atoms with Crippen LogP contribution in [0.5, 0.6) is 0 Å². The van der Waals surface area contributed by atoms with Crippen LogP contribution in [0, 0.1) is 11.7 Å². The van der Waals surface area contributed by atoms with Gasteiger partial charge in [-0.1, -0.05) is 12.1 Å². The molecule has 2 rings (SSSR count). The topological polar surface area (TPSA) is 40.5 Å². The molecule has 1 aliphatic rings. The number of piperidine rings is 1. The van der Waals surface area contributed by atoms with Gasteiger partial charge >= 0.3 is 0 Å². The van der Waals surface area contributed by atoms with E-state index in [1.165, 1.54) is 18.2 Å². The Labute approximate surface area is 112 Å². The molecule has 0 atom stereocenters. The maximum atomic E-state index is 12.7. The minimum Gasteiger partial charge on any atom is -0.396 e. The number of benzene rings is 1. The van der Waals surface area contributed by atoms with Crippen molar-refractivity contribution in [3.63, 3.8) is 0 Å². The van der Waals surface area contributed by atoms with Crippen LogP contribution < -0.4 is 0 Å². The first-order valence-electron chi connectivity index (χ1n) is 6.52. The Bertz CT molecular complexity index is 448. The molecule has 0 unspecified atom stereocenters. The van der Waals surface area contributed by atoms with Crippen LogP contribution in [0.3, 0.4) is 0 Å². The Balaban J connectivity index is 1.89. The lowest BCUT2D eigenvalue weighted by Gasteiger charge is -2.30. The molecule has 0 aliphatic carbocycles. The normalized spacial score (nSPS) is 17.1. The van der Waals surface area contributed by atoms with Gasteiger partial charge in [-0.15, -0.1) is 0 Å². The van der Waals surface area contributed by atoms with E-state index in [1.54, 1.807) is 23.1 Å². The summed E-state index contributed by atoms with van der Waals surface area (Å²) in [6, 6.07) is 6.02. The van der Waals surface area contributed by atoms with Gasteiger partial charge in [0.15, 0.2) is 0 Å². The molecule has 1 heterocycles. The van der Waals surface area contributed by atoms with Crippen LogP contribution in [-0.2, 0) is 4.79 Å². The van der Waals surface area contributed by atoms with Gasteiger partial charge in [0.25, 0.3) is 0 Å². The van der Waals surface area contributed by atoms with Crippen LogP contribution in [-0.4, -0.2) is 35.6 Å².